The lowest BCUT2D eigenvalue weighted by Gasteiger charge is -2.23. The lowest BCUT2D eigenvalue weighted by molar-refractivity contribution is -0.137. The van der Waals surface area contributed by atoms with Gasteiger partial charge in [-0.1, -0.05) is 11.6 Å². The molecule has 0 aliphatic carbocycles. The van der Waals surface area contributed by atoms with E-state index in [0.29, 0.717) is 22.9 Å². The van der Waals surface area contributed by atoms with E-state index in [1.54, 1.807) is 23.1 Å². The predicted molar refractivity (Wildman–Crippen MR) is 74.3 cm³/mol. The van der Waals surface area contributed by atoms with Gasteiger partial charge in [0, 0.05) is 18.2 Å². The summed E-state index contributed by atoms with van der Waals surface area (Å²) in [6.45, 7) is 0.585. The van der Waals surface area contributed by atoms with Crippen molar-refractivity contribution in [3.8, 4) is 5.75 Å². The van der Waals surface area contributed by atoms with Gasteiger partial charge in [-0.25, -0.2) is 0 Å². The first-order valence-electron chi connectivity index (χ1n) is 6.39. The zero-order valence-corrected chi connectivity index (χ0v) is 11.9. The molecule has 1 aromatic rings. The van der Waals surface area contributed by atoms with Crippen molar-refractivity contribution in [2.75, 3.05) is 13.7 Å². The maximum atomic E-state index is 12.5. The lowest BCUT2D eigenvalue weighted by atomic mass is 10.1. The molecular formula is C14H16ClNO4. The van der Waals surface area contributed by atoms with Crippen molar-refractivity contribution in [3.63, 3.8) is 0 Å². The van der Waals surface area contributed by atoms with Crippen LogP contribution in [0.4, 0.5) is 0 Å². The van der Waals surface area contributed by atoms with Crippen LogP contribution >= 0.6 is 11.6 Å². The van der Waals surface area contributed by atoms with E-state index in [1.165, 1.54) is 7.11 Å². The summed E-state index contributed by atoms with van der Waals surface area (Å²) in [4.78, 5) is 24.9. The van der Waals surface area contributed by atoms with Crippen LogP contribution in [0.1, 0.15) is 29.6 Å². The zero-order chi connectivity index (χ0) is 14.7. The molecule has 6 heteroatoms. The molecule has 1 heterocycles. The standard InChI is InChI=1S/C14H16ClNO4/c1-20-12-7-9(4-5-11(12)15)14(19)16-6-2-3-10(16)8-13(17)18/h4-5,7,10H,2-3,6,8H2,1H3,(H,17,18). The highest BCUT2D eigenvalue weighted by atomic mass is 35.5. The number of nitrogens with zero attached hydrogens (tertiary/aromatic N) is 1. The molecule has 108 valence electrons. The van der Waals surface area contributed by atoms with Crippen molar-refractivity contribution in [1.82, 2.24) is 4.90 Å². The smallest absolute Gasteiger partial charge is 0.305 e. The number of aliphatic carboxylic acids is 1. The summed E-state index contributed by atoms with van der Waals surface area (Å²) < 4.78 is 5.09. The lowest BCUT2D eigenvalue weighted by Crippen LogP contribution is -2.36. The number of amides is 1. The average molecular weight is 298 g/mol. The molecule has 1 unspecified atom stereocenters. The van der Waals surface area contributed by atoms with E-state index in [0.717, 1.165) is 12.8 Å². The molecule has 1 aliphatic rings. The normalized spacial score (nSPS) is 18.1. The third-order valence-electron chi connectivity index (χ3n) is 3.45. The van der Waals surface area contributed by atoms with Crippen LogP contribution in [-0.4, -0.2) is 41.6 Å². The highest BCUT2D eigenvalue weighted by Crippen LogP contribution is 2.28. The van der Waals surface area contributed by atoms with Crippen LogP contribution in [0.3, 0.4) is 0 Å². The number of hydrogen-bond acceptors (Lipinski definition) is 3. The summed E-state index contributed by atoms with van der Waals surface area (Å²) in [5, 5.41) is 9.32. The first-order chi connectivity index (χ1) is 9.52. The number of methoxy groups -OCH3 is 1. The fraction of sp³-hybridized carbons (Fsp3) is 0.429. The van der Waals surface area contributed by atoms with Gasteiger partial charge in [-0.3, -0.25) is 9.59 Å². The minimum atomic E-state index is -0.886. The maximum Gasteiger partial charge on any atom is 0.305 e. The molecule has 1 N–H and O–H groups in total. The molecule has 1 amide bonds. The summed E-state index contributed by atoms with van der Waals surface area (Å²) >= 11 is 5.93. The fourth-order valence-corrected chi connectivity index (χ4v) is 2.67. The molecule has 1 aliphatic heterocycles. The third kappa shape index (κ3) is 3.04. The van der Waals surface area contributed by atoms with E-state index >= 15 is 0 Å². The highest BCUT2D eigenvalue weighted by Gasteiger charge is 2.31. The Morgan fingerprint density at radius 1 is 1.50 bits per heavy atom. The van der Waals surface area contributed by atoms with Gasteiger partial charge in [0.25, 0.3) is 5.91 Å². The topological polar surface area (TPSA) is 66.8 Å². The van der Waals surface area contributed by atoms with E-state index in [2.05, 4.69) is 0 Å². The van der Waals surface area contributed by atoms with Gasteiger partial charge in [-0.05, 0) is 31.0 Å². The Kier molecular flexibility index (Phi) is 4.49. The van der Waals surface area contributed by atoms with Gasteiger partial charge in [0.05, 0.1) is 18.6 Å². The number of carbonyl (C=O) groups is 2. The van der Waals surface area contributed by atoms with Crippen molar-refractivity contribution >= 4 is 23.5 Å². The van der Waals surface area contributed by atoms with E-state index in [4.69, 9.17) is 21.4 Å². The Bertz CT molecular complexity index is 532. The number of carboxylic acid groups (broad SMARTS) is 1. The van der Waals surface area contributed by atoms with E-state index in [1.807, 2.05) is 0 Å². The fourth-order valence-electron chi connectivity index (χ4n) is 2.48. The SMILES string of the molecule is COc1cc(C(=O)N2CCCC2CC(=O)O)ccc1Cl. The number of benzene rings is 1. The summed E-state index contributed by atoms with van der Waals surface area (Å²) in [5.41, 5.74) is 0.462. The molecule has 20 heavy (non-hydrogen) atoms. The van der Waals surface area contributed by atoms with Gasteiger partial charge < -0.3 is 14.7 Å². The molecule has 1 saturated heterocycles. The molecule has 1 atom stereocenters. The van der Waals surface area contributed by atoms with E-state index in [9.17, 15) is 9.59 Å². The molecule has 0 aromatic heterocycles. The second-order valence-corrected chi connectivity index (χ2v) is 5.15. The van der Waals surface area contributed by atoms with Crippen LogP contribution in [0.2, 0.25) is 5.02 Å². The number of halogens is 1. The Hall–Kier alpha value is -1.75. The second kappa shape index (κ2) is 6.13. The monoisotopic (exact) mass is 297 g/mol. The molecule has 0 bridgehead atoms. The van der Waals surface area contributed by atoms with Gasteiger partial charge in [-0.2, -0.15) is 0 Å². The molecule has 5 nitrogen and oxygen atoms in total. The van der Waals surface area contributed by atoms with Crippen LogP contribution in [0.5, 0.6) is 5.75 Å². The number of likely N-dealkylation sites (tertiary alicyclic amines) is 1. The van der Waals surface area contributed by atoms with Crippen molar-refractivity contribution in [1.29, 1.82) is 0 Å². The Balaban J connectivity index is 2.20. The van der Waals surface area contributed by atoms with Crippen molar-refractivity contribution in [3.05, 3.63) is 28.8 Å². The van der Waals surface area contributed by atoms with E-state index in [-0.39, 0.29) is 18.4 Å². The Morgan fingerprint density at radius 2 is 2.25 bits per heavy atom. The van der Waals surface area contributed by atoms with Crippen molar-refractivity contribution < 1.29 is 19.4 Å². The van der Waals surface area contributed by atoms with Crippen LogP contribution in [-0.2, 0) is 4.79 Å². The van der Waals surface area contributed by atoms with Crippen LogP contribution in [0.25, 0.3) is 0 Å². The quantitative estimate of drug-likeness (QED) is 0.927. The summed E-state index contributed by atoms with van der Waals surface area (Å²) in [5.74, 6) is -0.626. The number of carboxylic acids is 1. The minimum absolute atomic E-state index is 0.0174. The average Bonchev–Trinajstić information content (AvgIpc) is 2.85. The van der Waals surface area contributed by atoms with Crippen molar-refractivity contribution in [2.45, 2.75) is 25.3 Å². The summed E-state index contributed by atoms with van der Waals surface area (Å²) in [7, 11) is 1.48. The largest absolute Gasteiger partial charge is 0.495 e. The third-order valence-corrected chi connectivity index (χ3v) is 3.76. The molecular weight excluding hydrogens is 282 g/mol. The van der Waals surface area contributed by atoms with Crippen LogP contribution < -0.4 is 4.74 Å². The molecule has 1 fully saturated rings. The van der Waals surface area contributed by atoms with Gasteiger partial charge >= 0.3 is 5.97 Å². The van der Waals surface area contributed by atoms with Crippen LogP contribution in [0.15, 0.2) is 18.2 Å². The molecule has 1 aromatic carbocycles. The van der Waals surface area contributed by atoms with Gasteiger partial charge in [0.1, 0.15) is 5.75 Å². The highest BCUT2D eigenvalue weighted by molar-refractivity contribution is 6.32. The molecule has 0 spiro atoms. The van der Waals surface area contributed by atoms with Gasteiger partial charge in [0.2, 0.25) is 0 Å². The molecule has 2 rings (SSSR count). The maximum absolute atomic E-state index is 12.5. The Morgan fingerprint density at radius 3 is 2.90 bits per heavy atom. The zero-order valence-electron chi connectivity index (χ0n) is 11.1. The molecule has 0 radical (unpaired) electrons. The number of rotatable bonds is 4. The number of hydrogen-bond donors (Lipinski definition) is 1. The van der Waals surface area contributed by atoms with Crippen LogP contribution in [0, 0.1) is 0 Å². The summed E-state index contributed by atoms with van der Waals surface area (Å²) in [6, 6.07) is 4.58. The van der Waals surface area contributed by atoms with Gasteiger partial charge in [-0.15, -0.1) is 0 Å². The number of ether oxygens (including phenoxy) is 1. The molecule has 0 saturated carbocycles. The Labute approximate surface area is 122 Å². The summed E-state index contributed by atoms with van der Waals surface area (Å²) in [6.07, 6.45) is 1.54. The van der Waals surface area contributed by atoms with Crippen molar-refractivity contribution in [2.24, 2.45) is 0 Å². The van der Waals surface area contributed by atoms with E-state index < -0.39 is 5.97 Å². The predicted octanol–water partition coefficient (Wildman–Crippen LogP) is 2.43. The second-order valence-electron chi connectivity index (χ2n) is 4.74. The minimum Gasteiger partial charge on any atom is -0.495 e. The van der Waals surface area contributed by atoms with Gasteiger partial charge in [0.15, 0.2) is 0 Å². The first-order valence-corrected chi connectivity index (χ1v) is 6.77. The number of carbonyl (C=O) groups excluding carboxylic acids is 1. The first kappa shape index (κ1) is 14.7.